The average molecular weight is 341 g/mol. The molecule has 1 aromatic rings. The van der Waals surface area contributed by atoms with E-state index >= 15 is 0 Å². The lowest BCUT2D eigenvalue weighted by molar-refractivity contribution is -0.129. The van der Waals surface area contributed by atoms with Crippen LogP contribution in [0.1, 0.15) is 13.3 Å². The lowest BCUT2D eigenvalue weighted by Gasteiger charge is -2.13. The van der Waals surface area contributed by atoms with E-state index < -0.39 is 6.10 Å². The normalized spacial score (nSPS) is 11.4. The predicted octanol–water partition coefficient (Wildman–Crippen LogP) is 1.89. The Bertz CT molecular complexity index is 546. The molecule has 2 N–H and O–H groups in total. The minimum absolute atomic E-state index is 0.0961. The second kappa shape index (κ2) is 9.86. The van der Waals surface area contributed by atoms with E-state index in [1.54, 1.807) is 31.2 Å². The Morgan fingerprint density at radius 2 is 1.96 bits per heavy atom. The van der Waals surface area contributed by atoms with E-state index in [4.69, 9.17) is 21.1 Å². The summed E-state index contributed by atoms with van der Waals surface area (Å²) in [6, 6.07) is 6.73. The fourth-order valence-electron chi connectivity index (χ4n) is 1.53. The number of halogens is 1. The van der Waals surface area contributed by atoms with Crippen LogP contribution in [0.15, 0.2) is 36.5 Å². The molecular weight excluding hydrogens is 320 g/mol. The highest BCUT2D eigenvalue weighted by Crippen LogP contribution is 2.15. The van der Waals surface area contributed by atoms with Crippen molar-refractivity contribution in [3.8, 4) is 5.75 Å². The molecule has 1 unspecified atom stereocenters. The van der Waals surface area contributed by atoms with Gasteiger partial charge in [0.1, 0.15) is 11.9 Å². The molecule has 0 saturated carbocycles. The summed E-state index contributed by atoms with van der Waals surface area (Å²) in [4.78, 5) is 23.2. The molecule has 126 valence electrons. The highest BCUT2D eigenvalue weighted by molar-refractivity contribution is 6.30. The van der Waals surface area contributed by atoms with Crippen LogP contribution in [-0.4, -0.2) is 38.2 Å². The molecule has 23 heavy (non-hydrogen) atoms. The molecule has 0 aliphatic carbocycles. The number of ether oxygens (including phenoxy) is 2. The van der Waals surface area contributed by atoms with Crippen molar-refractivity contribution >= 4 is 23.4 Å². The van der Waals surface area contributed by atoms with Crippen molar-refractivity contribution in [1.82, 2.24) is 10.6 Å². The van der Waals surface area contributed by atoms with Gasteiger partial charge in [-0.25, -0.2) is 0 Å². The van der Waals surface area contributed by atoms with Gasteiger partial charge in [-0.15, -0.1) is 0 Å². The number of benzene rings is 1. The van der Waals surface area contributed by atoms with Gasteiger partial charge in [0.15, 0.2) is 6.61 Å². The zero-order valence-electron chi connectivity index (χ0n) is 13.2. The van der Waals surface area contributed by atoms with Crippen molar-refractivity contribution in [3.05, 3.63) is 41.6 Å². The molecule has 0 aromatic heterocycles. The van der Waals surface area contributed by atoms with Gasteiger partial charge in [0.05, 0.1) is 0 Å². The Kier molecular flexibility index (Phi) is 8.15. The Labute approximate surface area is 140 Å². The highest BCUT2D eigenvalue weighted by atomic mass is 35.5. The summed E-state index contributed by atoms with van der Waals surface area (Å²) in [5.41, 5.74) is 0.512. The van der Waals surface area contributed by atoms with Crippen LogP contribution in [-0.2, 0) is 14.3 Å². The largest absolute Gasteiger partial charge is 0.484 e. The molecule has 0 aliphatic heterocycles. The van der Waals surface area contributed by atoms with Gasteiger partial charge >= 0.3 is 0 Å². The number of rotatable bonds is 9. The quantitative estimate of drug-likeness (QED) is 0.719. The van der Waals surface area contributed by atoms with Gasteiger partial charge < -0.3 is 20.1 Å². The van der Waals surface area contributed by atoms with Gasteiger partial charge in [-0.2, -0.15) is 0 Å². The summed E-state index contributed by atoms with van der Waals surface area (Å²) in [5, 5.41) is 5.89. The summed E-state index contributed by atoms with van der Waals surface area (Å²) in [5.74, 6) is 0.0361. The predicted molar refractivity (Wildman–Crippen MR) is 88.3 cm³/mol. The van der Waals surface area contributed by atoms with Crippen molar-refractivity contribution < 1.29 is 19.1 Å². The first kappa shape index (κ1) is 19.0. The molecule has 1 atom stereocenters. The molecule has 6 nitrogen and oxygen atoms in total. The number of nitrogens with one attached hydrogen (secondary N) is 2. The van der Waals surface area contributed by atoms with Crippen LogP contribution in [0.25, 0.3) is 0 Å². The van der Waals surface area contributed by atoms with Crippen LogP contribution in [0.2, 0.25) is 5.02 Å². The van der Waals surface area contributed by atoms with Crippen LogP contribution >= 0.6 is 11.6 Å². The standard InChI is InChI=1S/C16H21ClN2O4/c1-11(19-16(21)12(2)22-3)8-9-18-15(20)10-23-14-6-4-13(17)5-7-14/h4-7,12H,1,8-10H2,2-3H3,(H,18,20)(H,19,21). The van der Waals surface area contributed by atoms with Crippen LogP contribution in [0, 0.1) is 0 Å². The minimum Gasteiger partial charge on any atom is -0.484 e. The summed E-state index contributed by atoms with van der Waals surface area (Å²) in [6.07, 6.45) is -0.122. The SMILES string of the molecule is C=C(CCNC(=O)COc1ccc(Cl)cc1)NC(=O)C(C)OC. The van der Waals surface area contributed by atoms with Crippen LogP contribution in [0.4, 0.5) is 0 Å². The summed E-state index contributed by atoms with van der Waals surface area (Å²) in [6.45, 7) is 5.62. The van der Waals surface area contributed by atoms with E-state index in [0.717, 1.165) is 0 Å². The van der Waals surface area contributed by atoms with E-state index in [9.17, 15) is 9.59 Å². The molecule has 0 bridgehead atoms. The lowest BCUT2D eigenvalue weighted by Crippen LogP contribution is -2.35. The van der Waals surface area contributed by atoms with E-state index in [2.05, 4.69) is 17.2 Å². The maximum atomic E-state index is 11.6. The second-order valence-electron chi connectivity index (χ2n) is 4.81. The lowest BCUT2D eigenvalue weighted by atomic mass is 10.3. The van der Waals surface area contributed by atoms with Crippen molar-refractivity contribution in [2.75, 3.05) is 20.3 Å². The molecule has 0 spiro atoms. The van der Waals surface area contributed by atoms with Gasteiger partial charge in [0, 0.05) is 30.8 Å². The summed E-state index contributed by atoms with van der Waals surface area (Å²) >= 11 is 5.76. The molecule has 1 rings (SSSR count). The van der Waals surface area contributed by atoms with Gasteiger partial charge in [0.25, 0.3) is 11.8 Å². The maximum Gasteiger partial charge on any atom is 0.257 e. The molecular formula is C16H21ClN2O4. The van der Waals surface area contributed by atoms with E-state index in [0.29, 0.717) is 29.4 Å². The van der Waals surface area contributed by atoms with E-state index in [1.807, 2.05) is 0 Å². The summed E-state index contributed by atoms with van der Waals surface area (Å²) in [7, 11) is 1.45. The van der Waals surface area contributed by atoms with Gasteiger partial charge in [-0.1, -0.05) is 18.2 Å². The third-order valence-electron chi connectivity index (χ3n) is 2.96. The zero-order chi connectivity index (χ0) is 17.2. The highest BCUT2D eigenvalue weighted by Gasteiger charge is 2.12. The molecule has 7 heteroatoms. The molecule has 0 aliphatic rings. The number of methoxy groups -OCH3 is 1. The molecule has 0 fully saturated rings. The maximum absolute atomic E-state index is 11.6. The Hall–Kier alpha value is -2.05. The number of amides is 2. The van der Waals surface area contributed by atoms with Gasteiger partial charge in [-0.3, -0.25) is 9.59 Å². The first-order valence-electron chi connectivity index (χ1n) is 7.09. The Balaban J connectivity index is 2.19. The van der Waals surface area contributed by atoms with E-state index in [-0.39, 0.29) is 18.4 Å². The molecule has 0 saturated heterocycles. The van der Waals surface area contributed by atoms with Crippen LogP contribution < -0.4 is 15.4 Å². The zero-order valence-corrected chi connectivity index (χ0v) is 14.0. The summed E-state index contributed by atoms with van der Waals surface area (Å²) < 4.78 is 10.2. The van der Waals surface area contributed by atoms with Crippen molar-refractivity contribution in [2.24, 2.45) is 0 Å². The topological polar surface area (TPSA) is 76.7 Å². The Morgan fingerprint density at radius 1 is 1.30 bits per heavy atom. The molecule has 0 heterocycles. The minimum atomic E-state index is -0.547. The smallest absolute Gasteiger partial charge is 0.257 e. The van der Waals surface area contributed by atoms with Crippen molar-refractivity contribution in [2.45, 2.75) is 19.4 Å². The van der Waals surface area contributed by atoms with Crippen molar-refractivity contribution in [3.63, 3.8) is 0 Å². The van der Waals surface area contributed by atoms with Crippen LogP contribution in [0.5, 0.6) is 5.75 Å². The first-order valence-corrected chi connectivity index (χ1v) is 7.46. The number of carbonyl (C=O) groups excluding carboxylic acids is 2. The third-order valence-corrected chi connectivity index (χ3v) is 3.21. The third kappa shape index (κ3) is 7.67. The monoisotopic (exact) mass is 340 g/mol. The average Bonchev–Trinajstić information content (AvgIpc) is 2.53. The number of carbonyl (C=O) groups is 2. The van der Waals surface area contributed by atoms with Gasteiger partial charge in [0.2, 0.25) is 0 Å². The first-order chi connectivity index (χ1) is 10.9. The number of hydrogen-bond donors (Lipinski definition) is 2. The fraction of sp³-hybridized carbons (Fsp3) is 0.375. The Morgan fingerprint density at radius 3 is 2.57 bits per heavy atom. The number of hydrogen-bond acceptors (Lipinski definition) is 4. The fourth-order valence-corrected chi connectivity index (χ4v) is 1.65. The van der Waals surface area contributed by atoms with Crippen LogP contribution in [0.3, 0.4) is 0 Å². The van der Waals surface area contributed by atoms with Crippen molar-refractivity contribution in [1.29, 1.82) is 0 Å². The molecule has 0 radical (unpaired) electrons. The molecule has 2 amide bonds. The second-order valence-corrected chi connectivity index (χ2v) is 5.25. The van der Waals surface area contributed by atoms with Gasteiger partial charge in [-0.05, 0) is 31.2 Å². The molecule has 1 aromatic carbocycles. The van der Waals surface area contributed by atoms with E-state index in [1.165, 1.54) is 7.11 Å².